The Morgan fingerprint density at radius 2 is 2.20 bits per heavy atom. The number of fused-ring (bicyclic) bond motifs is 4. The van der Waals surface area contributed by atoms with Gasteiger partial charge in [0.1, 0.15) is 5.75 Å². The monoisotopic (exact) mass is 343 g/mol. The molecule has 1 aromatic heterocycles. The minimum absolute atomic E-state index is 0.0552. The normalized spacial score (nSPS) is 25.4. The number of hydrogen-bond acceptors (Lipinski definition) is 3. The fraction of sp³-hybridized carbons (Fsp3) is 0.526. The van der Waals surface area contributed by atoms with Gasteiger partial charge in [-0.2, -0.15) is 0 Å². The molecule has 2 aromatic rings. The lowest BCUT2D eigenvalue weighted by Gasteiger charge is -2.35. The second-order valence-corrected chi connectivity index (χ2v) is 7.03. The Bertz CT molecular complexity index is 816. The first-order valence-corrected chi connectivity index (χ1v) is 9.02. The van der Waals surface area contributed by atoms with Crippen molar-refractivity contribution in [1.29, 1.82) is 0 Å². The molecule has 0 spiro atoms. The van der Waals surface area contributed by atoms with Gasteiger partial charge < -0.3 is 19.7 Å². The van der Waals surface area contributed by atoms with Gasteiger partial charge >= 0.3 is 6.03 Å². The Labute approximate surface area is 147 Å². The molecule has 1 fully saturated rings. The molecule has 2 N–H and O–H groups in total. The number of ether oxygens (including phenoxy) is 1. The summed E-state index contributed by atoms with van der Waals surface area (Å²) in [5, 5.41) is 11.9. The van der Waals surface area contributed by atoms with E-state index in [-0.39, 0.29) is 18.1 Å². The Kier molecular flexibility index (Phi) is 3.87. The SMILES string of the molecule is CCCCN1C(=O)N2C(C)c3[nH]c4ccc(OC)cc4c3CC2C1O. The maximum Gasteiger partial charge on any atom is 0.323 e. The van der Waals surface area contributed by atoms with Crippen LogP contribution in [0, 0.1) is 0 Å². The second kappa shape index (κ2) is 5.95. The van der Waals surface area contributed by atoms with Crippen molar-refractivity contribution < 1.29 is 14.6 Å². The van der Waals surface area contributed by atoms with E-state index in [9.17, 15) is 9.90 Å². The fourth-order valence-corrected chi connectivity index (χ4v) is 4.27. The Hall–Kier alpha value is -2.21. The number of benzene rings is 1. The Balaban J connectivity index is 1.74. The molecule has 25 heavy (non-hydrogen) atoms. The molecule has 3 unspecified atom stereocenters. The summed E-state index contributed by atoms with van der Waals surface area (Å²) in [6.07, 6.45) is 1.82. The largest absolute Gasteiger partial charge is 0.497 e. The molecule has 0 aliphatic carbocycles. The van der Waals surface area contributed by atoms with Gasteiger partial charge in [0.25, 0.3) is 0 Å². The molecule has 6 heteroatoms. The number of rotatable bonds is 4. The highest BCUT2D eigenvalue weighted by Crippen LogP contribution is 2.42. The van der Waals surface area contributed by atoms with Gasteiger partial charge in [-0.15, -0.1) is 0 Å². The van der Waals surface area contributed by atoms with Crippen LogP contribution in [0.15, 0.2) is 18.2 Å². The highest BCUT2D eigenvalue weighted by molar-refractivity contribution is 5.88. The number of aliphatic hydroxyl groups excluding tert-OH is 1. The quantitative estimate of drug-likeness (QED) is 0.897. The van der Waals surface area contributed by atoms with Crippen molar-refractivity contribution in [2.45, 2.75) is 51.4 Å². The van der Waals surface area contributed by atoms with E-state index in [2.05, 4.69) is 11.9 Å². The zero-order valence-electron chi connectivity index (χ0n) is 15.0. The predicted octanol–water partition coefficient (Wildman–Crippen LogP) is 3.02. The number of methoxy groups -OCH3 is 1. The summed E-state index contributed by atoms with van der Waals surface area (Å²) in [4.78, 5) is 19.8. The van der Waals surface area contributed by atoms with Crippen LogP contribution in [0.1, 0.15) is 44.0 Å². The smallest absolute Gasteiger partial charge is 0.323 e. The number of aliphatic hydroxyl groups is 1. The number of H-pyrrole nitrogens is 1. The highest BCUT2D eigenvalue weighted by Gasteiger charge is 2.50. The molecular weight excluding hydrogens is 318 g/mol. The zero-order valence-corrected chi connectivity index (χ0v) is 15.0. The van der Waals surface area contributed by atoms with Gasteiger partial charge in [0.05, 0.1) is 19.2 Å². The fourth-order valence-electron chi connectivity index (χ4n) is 4.27. The molecule has 0 radical (unpaired) electrons. The number of nitrogens with one attached hydrogen (secondary N) is 1. The van der Waals surface area contributed by atoms with Crippen LogP contribution in [0.25, 0.3) is 10.9 Å². The third-order valence-electron chi connectivity index (χ3n) is 5.63. The van der Waals surface area contributed by atoms with Gasteiger partial charge in [0, 0.05) is 23.1 Å². The zero-order chi connectivity index (χ0) is 17.7. The van der Waals surface area contributed by atoms with Gasteiger partial charge in [-0.25, -0.2) is 4.79 Å². The lowest BCUT2D eigenvalue weighted by atomic mass is 9.93. The van der Waals surface area contributed by atoms with E-state index in [1.54, 1.807) is 12.0 Å². The number of aromatic amines is 1. The molecule has 3 atom stereocenters. The lowest BCUT2D eigenvalue weighted by molar-refractivity contribution is 0.0255. The van der Waals surface area contributed by atoms with Crippen LogP contribution >= 0.6 is 0 Å². The molecule has 3 heterocycles. The second-order valence-electron chi connectivity index (χ2n) is 7.03. The van der Waals surface area contributed by atoms with Crippen LogP contribution < -0.4 is 4.74 Å². The molecule has 4 rings (SSSR count). The summed E-state index contributed by atoms with van der Waals surface area (Å²) in [6.45, 7) is 4.73. The number of nitrogens with zero attached hydrogens (tertiary/aromatic N) is 2. The molecule has 0 bridgehead atoms. The van der Waals surface area contributed by atoms with E-state index >= 15 is 0 Å². The van der Waals surface area contributed by atoms with Gasteiger partial charge in [-0.3, -0.25) is 4.90 Å². The summed E-state index contributed by atoms with van der Waals surface area (Å²) >= 11 is 0. The van der Waals surface area contributed by atoms with E-state index in [0.717, 1.165) is 35.2 Å². The average molecular weight is 343 g/mol. The third kappa shape index (κ3) is 2.31. The van der Waals surface area contributed by atoms with Crippen LogP contribution in [-0.2, 0) is 6.42 Å². The van der Waals surface area contributed by atoms with Crippen molar-refractivity contribution in [3.63, 3.8) is 0 Å². The molecule has 0 saturated carbocycles. The van der Waals surface area contributed by atoms with E-state index in [0.29, 0.717) is 13.0 Å². The molecule has 2 aliphatic heterocycles. The molecule has 6 nitrogen and oxygen atoms in total. The maximum absolute atomic E-state index is 12.8. The molecule has 1 aromatic carbocycles. The highest BCUT2D eigenvalue weighted by atomic mass is 16.5. The molecule has 2 aliphatic rings. The van der Waals surface area contributed by atoms with E-state index < -0.39 is 6.23 Å². The van der Waals surface area contributed by atoms with Crippen LogP contribution in [0.4, 0.5) is 4.79 Å². The van der Waals surface area contributed by atoms with Gasteiger partial charge in [-0.1, -0.05) is 13.3 Å². The first-order valence-electron chi connectivity index (χ1n) is 9.02. The molecular formula is C19H25N3O3. The first-order chi connectivity index (χ1) is 12.1. The molecule has 134 valence electrons. The average Bonchev–Trinajstić information content (AvgIpc) is 3.10. The predicted molar refractivity (Wildman–Crippen MR) is 95.6 cm³/mol. The summed E-state index contributed by atoms with van der Waals surface area (Å²) in [6, 6.07) is 5.64. The summed E-state index contributed by atoms with van der Waals surface area (Å²) in [7, 11) is 1.66. The summed E-state index contributed by atoms with van der Waals surface area (Å²) < 4.78 is 5.36. The van der Waals surface area contributed by atoms with Crippen molar-refractivity contribution in [3.8, 4) is 5.75 Å². The van der Waals surface area contributed by atoms with Gasteiger partial charge in [0.15, 0.2) is 6.23 Å². The number of hydrogen-bond donors (Lipinski definition) is 2. The van der Waals surface area contributed by atoms with Crippen molar-refractivity contribution in [1.82, 2.24) is 14.8 Å². The summed E-state index contributed by atoms with van der Waals surface area (Å²) in [5.74, 6) is 0.817. The van der Waals surface area contributed by atoms with Crippen molar-refractivity contribution in [2.24, 2.45) is 0 Å². The van der Waals surface area contributed by atoms with Gasteiger partial charge in [0.2, 0.25) is 0 Å². The number of urea groups is 1. The van der Waals surface area contributed by atoms with E-state index in [1.807, 2.05) is 30.0 Å². The van der Waals surface area contributed by atoms with Crippen LogP contribution in [0.5, 0.6) is 5.75 Å². The molecule has 1 saturated heterocycles. The van der Waals surface area contributed by atoms with E-state index in [4.69, 9.17) is 4.74 Å². The van der Waals surface area contributed by atoms with Crippen molar-refractivity contribution in [2.75, 3.05) is 13.7 Å². The number of carbonyl (C=O) groups excluding carboxylic acids is 1. The minimum Gasteiger partial charge on any atom is -0.497 e. The Morgan fingerprint density at radius 1 is 1.40 bits per heavy atom. The van der Waals surface area contributed by atoms with Crippen LogP contribution in [0.2, 0.25) is 0 Å². The number of aromatic nitrogens is 1. The number of unbranched alkanes of at least 4 members (excludes halogenated alkanes) is 1. The number of amides is 2. The van der Waals surface area contributed by atoms with Crippen LogP contribution in [0.3, 0.4) is 0 Å². The van der Waals surface area contributed by atoms with Gasteiger partial charge in [-0.05, 0) is 43.5 Å². The standard InChI is InChI=1S/C19H25N3O3/c1-4-5-8-21-18(23)16-10-14-13-9-12(25-3)6-7-15(13)20-17(14)11(2)22(16)19(21)24/h6-7,9,11,16,18,20,23H,4-5,8,10H2,1-3H3. The maximum atomic E-state index is 12.8. The van der Waals surface area contributed by atoms with Crippen molar-refractivity contribution >= 4 is 16.9 Å². The minimum atomic E-state index is -0.745. The van der Waals surface area contributed by atoms with Crippen molar-refractivity contribution in [3.05, 3.63) is 29.5 Å². The lowest BCUT2D eigenvalue weighted by Crippen LogP contribution is -2.43. The first kappa shape index (κ1) is 16.3. The molecule has 2 amide bonds. The topological polar surface area (TPSA) is 68.8 Å². The van der Waals surface area contributed by atoms with E-state index in [1.165, 1.54) is 5.56 Å². The number of carbonyl (C=O) groups is 1. The third-order valence-corrected chi connectivity index (χ3v) is 5.63. The van der Waals surface area contributed by atoms with Crippen LogP contribution in [-0.4, -0.2) is 51.8 Å². The summed E-state index contributed by atoms with van der Waals surface area (Å²) in [5.41, 5.74) is 3.30. The Morgan fingerprint density at radius 3 is 2.92 bits per heavy atom.